The van der Waals surface area contributed by atoms with Gasteiger partial charge in [0.25, 0.3) is 0 Å². The van der Waals surface area contributed by atoms with Crippen LogP contribution in [0, 0.1) is 5.82 Å². The van der Waals surface area contributed by atoms with E-state index in [2.05, 4.69) is 34.7 Å². The van der Waals surface area contributed by atoms with Crippen molar-refractivity contribution in [3.8, 4) is 0 Å². The van der Waals surface area contributed by atoms with E-state index >= 15 is 0 Å². The van der Waals surface area contributed by atoms with Gasteiger partial charge in [-0.05, 0) is 37.1 Å². The first-order valence-electron chi connectivity index (χ1n) is 7.09. The molecular weight excluding hydrogens is 323 g/mol. The lowest BCUT2D eigenvalue weighted by atomic mass is 10.0. The van der Waals surface area contributed by atoms with Gasteiger partial charge in [-0.1, -0.05) is 22.9 Å². The van der Waals surface area contributed by atoms with Crippen LogP contribution in [0.5, 0.6) is 0 Å². The van der Waals surface area contributed by atoms with Gasteiger partial charge in [-0.15, -0.1) is 0 Å². The molecule has 3 nitrogen and oxygen atoms in total. The number of rotatable bonds is 4. The summed E-state index contributed by atoms with van der Waals surface area (Å²) in [4.78, 5) is 2.35. The van der Waals surface area contributed by atoms with Crippen LogP contribution in [0.25, 0.3) is 0 Å². The van der Waals surface area contributed by atoms with Gasteiger partial charge in [0, 0.05) is 29.6 Å². The molecule has 20 heavy (non-hydrogen) atoms. The molecule has 0 aliphatic carbocycles. The third-order valence-electron chi connectivity index (χ3n) is 3.92. The zero-order chi connectivity index (χ0) is 14.7. The molecule has 5 heteroatoms. The number of morpholine rings is 1. The normalized spacial score (nSPS) is 25.6. The van der Waals surface area contributed by atoms with Gasteiger partial charge in [0.05, 0.1) is 12.7 Å². The SMILES string of the molecule is CCC1COC(C)CN1C(CN)c1cc(F)ccc1Br. The van der Waals surface area contributed by atoms with Crippen molar-refractivity contribution >= 4 is 15.9 Å². The molecule has 3 unspecified atom stereocenters. The Hall–Kier alpha value is -0.490. The zero-order valence-corrected chi connectivity index (χ0v) is 13.6. The minimum absolute atomic E-state index is 0.0105. The maximum atomic E-state index is 13.6. The van der Waals surface area contributed by atoms with Crippen molar-refractivity contribution in [2.75, 3.05) is 19.7 Å². The van der Waals surface area contributed by atoms with E-state index in [1.807, 2.05) is 0 Å². The Kier molecular flexibility index (Phi) is 5.55. The van der Waals surface area contributed by atoms with E-state index in [0.717, 1.165) is 23.0 Å². The van der Waals surface area contributed by atoms with Gasteiger partial charge < -0.3 is 10.5 Å². The number of nitrogens with zero attached hydrogens (tertiary/aromatic N) is 1. The number of hydrogen-bond acceptors (Lipinski definition) is 3. The molecule has 0 aromatic heterocycles. The summed E-state index contributed by atoms with van der Waals surface area (Å²) < 4.78 is 20.2. The van der Waals surface area contributed by atoms with E-state index in [0.29, 0.717) is 19.2 Å². The molecule has 0 bridgehead atoms. The number of halogens is 2. The van der Waals surface area contributed by atoms with Crippen molar-refractivity contribution < 1.29 is 9.13 Å². The summed E-state index contributed by atoms with van der Waals surface area (Å²) in [5, 5.41) is 0. The molecule has 2 N–H and O–H groups in total. The van der Waals surface area contributed by atoms with Crippen LogP contribution < -0.4 is 5.73 Å². The van der Waals surface area contributed by atoms with E-state index < -0.39 is 0 Å². The average Bonchev–Trinajstić information content (AvgIpc) is 2.44. The van der Waals surface area contributed by atoms with Gasteiger partial charge in [0.1, 0.15) is 5.82 Å². The maximum absolute atomic E-state index is 13.6. The van der Waals surface area contributed by atoms with Gasteiger partial charge >= 0.3 is 0 Å². The van der Waals surface area contributed by atoms with Crippen LogP contribution in [0.1, 0.15) is 31.9 Å². The molecule has 1 aliphatic rings. The summed E-state index contributed by atoms with van der Waals surface area (Å²) in [5.41, 5.74) is 6.91. The van der Waals surface area contributed by atoms with E-state index in [4.69, 9.17) is 10.5 Å². The lowest BCUT2D eigenvalue weighted by Crippen LogP contribution is -2.51. The fourth-order valence-corrected chi connectivity index (χ4v) is 3.33. The second-order valence-corrected chi connectivity index (χ2v) is 6.17. The Balaban J connectivity index is 2.31. The van der Waals surface area contributed by atoms with Crippen molar-refractivity contribution in [1.29, 1.82) is 0 Å². The molecule has 1 fully saturated rings. The molecule has 1 heterocycles. The quantitative estimate of drug-likeness (QED) is 0.912. The van der Waals surface area contributed by atoms with Crippen LogP contribution in [0.3, 0.4) is 0 Å². The van der Waals surface area contributed by atoms with Crippen molar-refractivity contribution in [2.45, 2.75) is 38.5 Å². The highest BCUT2D eigenvalue weighted by Gasteiger charge is 2.32. The first-order chi connectivity index (χ1) is 9.56. The molecule has 0 saturated carbocycles. The van der Waals surface area contributed by atoms with Crippen molar-refractivity contribution in [1.82, 2.24) is 4.90 Å². The molecule has 1 aromatic carbocycles. The van der Waals surface area contributed by atoms with Crippen LogP contribution in [-0.4, -0.2) is 36.7 Å². The zero-order valence-electron chi connectivity index (χ0n) is 12.0. The number of hydrogen-bond donors (Lipinski definition) is 1. The molecule has 0 radical (unpaired) electrons. The topological polar surface area (TPSA) is 38.5 Å². The van der Waals surface area contributed by atoms with Crippen molar-refractivity contribution in [3.05, 3.63) is 34.1 Å². The predicted octanol–water partition coefficient (Wildman–Crippen LogP) is 3.09. The lowest BCUT2D eigenvalue weighted by Gasteiger charge is -2.43. The molecule has 112 valence electrons. The van der Waals surface area contributed by atoms with Crippen LogP contribution in [0.4, 0.5) is 4.39 Å². The number of ether oxygens (including phenoxy) is 1. The van der Waals surface area contributed by atoms with E-state index in [1.165, 1.54) is 6.07 Å². The Morgan fingerprint density at radius 2 is 2.30 bits per heavy atom. The first-order valence-corrected chi connectivity index (χ1v) is 7.88. The monoisotopic (exact) mass is 344 g/mol. The summed E-state index contributed by atoms with van der Waals surface area (Å²) in [7, 11) is 0. The molecule has 0 amide bonds. The Labute approximate surface area is 128 Å². The molecule has 1 saturated heterocycles. The first kappa shape index (κ1) is 15.9. The molecular formula is C15H22BrFN2O. The highest BCUT2D eigenvalue weighted by Crippen LogP contribution is 2.32. The van der Waals surface area contributed by atoms with Gasteiger partial charge in [-0.2, -0.15) is 0 Å². The predicted molar refractivity (Wildman–Crippen MR) is 82.1 cm³/mol. The standard InChI is InChI=1S/C15H22BrFN2O/c1-3-12-9-20-10(2)8-19(12)15(7-18)13-6-11(17)4-5-14(13)16/h4-6,10,12,15H,3,7-9,18H2,1-2H3. The molecule has 1 aliphatic heterocycles. The second kappa shape index (κ2) is 6.98. The van der Waals surface area contributed by atoms with Gasteiger partial charge in [0.15, 0.2) is 0 Å². The molecule has 1 aromatic rings. The summed E-state index contributed by atoms with van der Waals surface area (Å²) in [6.07, 6.45) is 1.18. The van der Waals surface area contributed by atoms with Gasteiger partial charge in [-0.25, -0.2) is 4.39 Å². The van der Waals surface area contributed by atoms with Gasteiger partial charge in [-0.3, -0.25) is 4.90 Å². The highest BCUT2D eigenvalue weighted by atomic mass is 79.9. The maximum Gasteiger partial charge on any atom is 0.123 e. The van der Waals surface area contributed by atoms with Crippen molar-refractivity contribution in [3.63, 3.8) is 0 Å². The number of nitrogens with two attached hydrogens (primary N) is 1. The minimum atomic E-state index is -0.226. The van der Waals surface area contributed by atoms with E-state index in [1.54, 1.807) is 12.1 Å². The Morgan fingerprint density at radius 1 is 1.55 bits per heavy atom. The molecule has 2 rings (SSSR count). The third-order valence-corrected chi connectivity index (χ3v) is 4.64. The fourth-order valence-electron chi connectivity index (χ4n) is 2.81. The van der Waals surface area contributed by atoms with Crippen LogP contribution in [-0.2, 0) is 4.74 Å². The smallest absolute Gasteiger partial charge is 0.123 e. The van der Waals surface area contributed by atoms with Crippen LogP contribution in [0.15, 0.2) is 22.7 Å². The summed E-state index contributed by atoms with van der Waals surface area (Å²) in [6, 6.07) is 5.12. The van der Waals surface area contributed by atoms with E-state index in [9.17, 15) is 4.39 Å². The summed E-state index contributed by atoms with van der Waals surface area (Å²) in [5.74, 6) is -0.226. The summed E-state index contributed by atoms with van der Waals surface area (Å²) in [6.45, 7) is 6.20. The largest absolute Gasteiger partial charge is 0.376 e. The number of benzene rings is 1. The Morgan fingerprint density at radius 3 is 2.95 bits per heavy atom. The summed E-state index contributed by atoms with van der Waals surface area (Å²) >= 11 is 3.52. The Bertz CT molecular complexity index is 457. The average molecular weight is 345 g/mol. The van der Waals surface area contributed by atoms with E-state index in [-0.39, 0.29) is 18.0 Å². The second-order valence-electron chi connectivity index (χ2n) is 5.32. The third kappa shape index (κ3) is 3.39. The molecule has 0 spiro atoms. The highest BCUT2D eigenvalue weighted by molar-refractivity contribution is 9.10. The van der Waals surface area contributed by atoms with Crippen molar-refractivity contribution in [2.24, 2.45) is 5.73 Å². The lowest BCUT2D eigenvalue weighted by molar-refractivity contribution is -0.0720. The van der Waals surface area contributed by atoms with Crippen LogP contribution in [0.2, 0.25) is 0 Å². The van der Waals surface area contributed by atoms with Gasteiger partial charge in [0.2, 0.25) is 0 Å². The van der Waals surface area contributed by atoms with Crippen LogP contribution >= 0.6 is 15.9 Å². The fraction of sp³-hybridized carbons (Fsp3) is 0.600. The molecule has 3 atom stereocenters. The minimum Gasteiger partial charge on any atom is -0.376 e.